The summed E-state index contributed by atoms with van der Waals surface area (Å²) in [6.45, 7) is -1.67. The van der Waals surface area contributed by atoms with Gasteiger partial charge in [0.25, 0.3) is 0 Å². The SMILES string of the molecule is OCOC(F)(F)C(F)(F)F. The first kappa shape index (κ1) is 9.57. The maximum atomic E-state index is 11.4. The van der Waals surface area contributed by atoms with Gasteiger partial charge in [-0.25, -0.2) is 0 Å². The van der Waals surface area contributed by atoms with E-state index in [-0.39, 0.29) is 0 Å². The van der Waals surface area contributed by atoms with Gasteiger partial charge in [-0.15, -0.1) is 0 Å². The van der Waals surface area contributed by atoms with Crippen molar-refractivity contribution in [3.05, 3.63) is 0 Å². The zero-order chi connectivity index (χ0) is 8.41. The highest BCUT2D eigenvalue weighted by molar-refractivity contribution is 4.62. The summed E-state index contributed by atoms with van der Waals surface area (Å²) in [4.78, 5) is 0. The van der Waals surface area contributed by atoms with E-state index < -0.39 is 19.1 Å². The summed E-state index contributed by atoms with van der Waals surface area (Å²) in [5.41, 5.74) is 0. The normalized spacial score (nSPS) is 13.8. The van der Waals surface area contributed by atoms with E-state index >= 15 is 0 Å². The molecule has 2 nitrogen and oxygen atoms in total. The number of rotatable bonds is 2. The van der Waals surface area contributed by atoms with Crippen LogP contribution >= 0.6 is 0 Å². The molecule has 0 saturated heterocycles. The fourth-order valence-electron chi connectivity index (χ4n) is 0.163. The molecule has 0 aliphatic rings. The molecule has 0 atom stereocenters. The summed E-state index contributed by atoms with van der Waals surface area (Å²) in [5, 5.41) is 7.56. The first-order chi connectivity index (χ1) is 4.31. The molecule has 0 bridgehead atoms. The minimum absolute atomic E-state index is 1.67. The van der Waals surface area contributed by atoms with Gasteiger partial charge in [0.1, 0.15) is 6.79 Å². The predicted octanol–water partition coefficient (Wildman–Crippen LogP) is 1.11. The molecule has 10 heavy (non-hydrogen) atoms. The van der Waals surface area contributed by atoms with Crippen LogP contribution in [0.25, 0.3) is 0 Å². The Kier molecular flexibility index (Phi) is 2.55. The lowest BCUT2D eigenvalue weighted by atomic mass is 10.6. The molecular weight excluding hydrogens is 163 g/mol. The average molecular weight is 166 g/mol. The minimum atomic E-state index is -5.77. The molecule has 0 spiro atoms. The highest BCUT2D eigenvalue weighted by Crippen LogP contribution is 2.35. The van der Waals surface area contributed by atoms with Gasteiger partial charge < -0.3 is 5.11 Å². The lowest BCUT2D eigenvalue weighted by molar-refractivity contribution is -0.402. The van der Waals surface area contributed by atoms with Gasteiger partial charge >= 0.3 is 12.3 Å². The third-order valence-corrected chi connectivity index (χ3v) is 0.576. The Morgan fingerprint density at radius 1 is 1.10 bits per heavy atom. The zero-order valence-electron chi connectivity index (χ0n) is 4.45. The number of halogens is 5. The molecule has 0 amide bonds. The number of aliphatic hydroxyl groups is 1. The molecule has 0 saturated carbocycles. The fourth-order valence-corrected chi connectivity index (χ4v) is 0.163. The lowest BCUT2D eigenvalue weighted by Gasteiger charge is -2.17. The van der Waals surface area contributed by atoms with Crippen molar-refractivity contribution in [2.45, 2.75) is 12.3 Å². The third-order valence-electron chi connectivity index (χ3n) is 0.576. The van der Waals surface area contributed by atoms with Crippen LogP contribution < -0.4 is 0 Å². The lowest BCUT2D eigenvalue weighted by Crippen LogP contribution is -2.39. The summed E-state index contributed by atoms with van der Waals surface area (Å²) >= 11 is 0. The van der Waals surface area contributed by atoms with E-state index in [1.165, 1.54) is 0 Å². The van der Waals surface area contributed by atoms with Crippen LogP contribution in [0.3, 0.4) is 0 Å². The van der Waals surface area contributed by atoms with E-state index in [1.54, 1.807) is 0 Å². The molecule has 0 radical (unpaired) electrons. The number of hydrogen-bond acceptors (Lipinski definition) is 2. The molecule has 7 heteroatoms. The molecular formula is C3H3F5O2. The number of ether oxygens (including phenoxy) is 1. The third kappa shape index (κ3) is 2.07. The van der Waals surface area contributed by atoms with Crippen LogP contribution in [-0.4, -0.2) is 24.2 Å². The smallest absolute Gasteiger partial charge is 0.370 e. The molecule has 0 fully saturated rings. The van der Waals surface area contributed by atoms with Crippen molar-refractivity contribution in [1.82, 2.24) is 0 Å². The van der Waals surface area contributed by atoms with Gasteiger partial charge in [-0.3, -0.25) is 4.74 Å². The first-order valence-corrected chi connectivity index (χ1v) is 2.00. The minimum Gasteiger partial charge on any atom is -0.370 e. The standard InChI is InChI=1S/C3H3F5O2/c4-2(5,6)3(7,8)10-1-9/h9H,1H2. The van der Waals surface area contributed by atoms with E-state index in [1.807, 2.05) is 0 Å². The molecule has 0 aromatic heterocycles. The number of aliphatic hydroxyl groups excluding tert-OH is 1. The van der Waals surface area contributed by atoms with Gasteiger partial charge in [-0.1, -0.05) is 0 Å². The van der Waals surface area contributed by atoms with Crippen LogP contribution in [0.5, 0.6) is 0 Å². The molecule has 0 aliphatic carbocycles. The van der Waals surface area contributed by atoms with Gasteiger partial charge in [0.05, 0.1) is 0 Å². The van der Waals surface area contributed by atoms with Crippen molar-refractivity contribution >= 4 is 0 Å². The van der Waals surface area contributed by atoms with Crippen molar-refractivity contribution < 1.29 is 31.8 Å². The van der Waals surface area contributed by atoms with Crippen molar-refractivity contribution in [3.8, 4) is 0 Å². The Morgan fingerprint density at radius 2 is 1.50 bits per heavy atom. The second kappa shape index (κ2) is 2.67. The van der Waals surface area contributed by atoms with Gasteiger partial charge in [-0.2, -0.15) is 22.0 Å². The van der Waals surface area contributed by atoms with Crippen molar-refractivity contribution in [2.24, 2.45) is 0 Å². The maximum absolute atomic E-state index is 11.4. The molecule has 0 aromatic rings. The van der Waals surface area contributed by atoms with E-state index in [4.69, 9.17) is 5.11 Å². The molecule has 0 unspecified atom stereocenters. The van der Waals surface area contributed by atoms with Gasteiger partial charge in [0, 0.05) is 0 Å². The zero-order valence-corrected chi connectivity index (χ0v) is 4.45. The van der Waals surface area contributed by atoms with Crippen LogP contribution in [0, 0.1) is 0 Å². The van der Waals surface area contributed by atoms with Crippen LogP contribution in [0.15, 0.2) is 0 Å². The van der Waals surface area contributed by atoms with Crippen LogP contribution in [-0.2, 0) is 4.74 Å². The van der Waals surface area contributed by atoms with E-state index in [0.29, 0.717) is 0 Å². The van der Waals surface area contributed by atoms with Gasteiger partial charge in [0.15, 0.2) is 0 Å². The topological polar surface area (TPSA) is 29.5 Å². The summed E-state index contributed by atoms with van der Waals surface area (Å²) in [5.74, 6) is 0. The number of alkyl halides is 5. The molecule has 1 N–H and O–H groups in total. The van der Waals surface area contributed by atoms with Crippen molar-refractivity contribution in [1.29, 1.82) is 0 Å². The molecule has 62 valence electrons. The van der Waals surface area contributed by atoms with E-state index in [2.05, 4.69) is 4.74 Å². The maximum Gasteiger partial charge on any atom is 0.483 e. The van der Waals surface area contributed by atoms with Gasteiger partial charge in [-0.05, 0) is 0 Å². The Morgan fingerprint density at radius 3 is 1.60 bits per heavy atom. The summed E-state index contributed by atoms with van der Waals surface area (Å²) < 4.78 is 58.6. The monoisotopic (exact) mass is 166 g/mol. The molecule has 0 rings (SSSR count). The van der Waals surface area contributed by atoms with Crippen molar-refractivity contribution in [2.75, 3.05) is 6.79 Å². The number of hydrogen-bond donors (Lipinski definition) is 1. The highest BCUT2D eigenvalue weighted by atomic mass is 19.4. The summed E-state index contributed by atoms with van der Waals surface area (Å²) in [7, 11) is 0. The largest absolute Gasteiger partial charge is 0.483 e. The Bertz CT molecular complexity index is 108. The Balaban J connectivity index is 4.10. The van der Waals surface area contributed by atoms with E-state index in [9.17, 15) is 22.0 Å². The summed E-state index contributed by atoms with van der Waals surface area (Å²) in [6.07, 6.45) is -11.0. The average Bonchev–Trinajstić information content (AvgIpc) is 1.61. The van der Waals surface area contributed by atoms with Crippen LogP contribution in [0.1, 0.15) is 0 Å². The van der Waals surface area contributed by atoms with Crippen LogP contribution in [0.2, 0.25) is 0 Å². The summed E-state index contributed by atoms with van der Waals surface area (Å²) in [6, 6.07) is 0. The predicted molar refractivity (Wildman–Crippen MR) is 19.2 cm³/mol. The van der Waals surface area contributed by atoms with Gasteiger partial charge in [0.2, 0.25) is 0 Å². The fraction of sp³-hybridized carbons (Fsp3) is 1.00. The molecule has 0 aromatic carbocycles. The van der Waals surface area contributed by atoms with E-state index in [0.717, 1.165) is 0 Å². The quantitative estimate of drug-likeness (QED) is 0.491. The van der Waals surface area contributed by atoms with Crippen LogP contribution in [0.4, 0.5) is 22.0 Å². The first-order valence-electron chi connectivity index (χ1n) is 2.00. The highest BCUT2D eigenvalue weighted by Gasteiger charge is 2.59. The molecule has 0 aliphatic heterocycles. The van der Waals surface area contributed by atoms with Crippen molar-refractivity contribution in [3.63, 3.8) is 0 Å². The Hall–Kier alpha value is -0.430. The second-order valence-corrected chi connectivity index (χ2v) is 1.29. The Labute approximate surface area is 52.2 Å². The molecule has 0 heterocycles. The second-order valence-electron chi connectivity index (χ2n) is 1.29.